The van der Waals surface area contributed by atoms with Gasteiger partial charge in [0.2, 0.25) is 11.2 Å². The van der Waals surface area contributed by atoms with Crippen LogP contribution in [0.3, 0.4) is 0 Å². The number of rotatable bonds is 8. The van der Waals surface area contributed by atoms with E-state index in [1.165, 1.54) is 30.3 Å². The number of nitrogens with zero attached hydrogens (tertiary/aromatic N) is 6. The molecule has 0 aliphatic rings. The third-order valence-corrected chi connectivity index (χ3v) is 4.68. The fraction of sp³-hybridized carbons (Fsp3) is 0. The summed E-state index contributed by atoms with van der Waals surface area (Å²) in [5, 5.41) is 58.4. The molecule has 0 atom stereocenters. The summed E-state index contributed by atoms with van der Waals surface area (Å²) in [5.41, 5.74) is -4.43. The van der Waals surface area contributed by atoms with Gasteiger partial charge in [-0.1, -0.05) is 12.1 Å². The average molecular weight is 482 g/mol. The van der Waals surface area contributed by atoms with Crippen LogP contribution in [-0.4, -0.2) is 30.0 Å². The number of nitro groups is 4. The maximum Gasteiger partial charge on any atom is 0.331 e. The minimum Gasteiger partial charge on any atom is -0.348 e. The summed E-state index contributed by atoms with van der Waals surface area (Å²) >= 11 is 0. The van der Waals surface area contributed by atoms with Gasteiger partial charge >= 0.3 is 11.4 Å². The molecule has 0 radical (unpaired) electrons. The summed E-state index contributed by atoms with van der Waals surface area (Å²) in [5.74, 6) is 0. The first-order valence-electron chi connectivity index (χ1n) is 9.31. The number of fused-ring (bicyclic) bond motifs is 1. The van der Waals surface area contributed by atoms with Crippen molar-refractivity contribution < 1.29 is 24.3 Å². The predicted molar refractivity (Wildman–Crippen MR) is 118 cm³/mol. The molecule has 4 aromatic rings. The zero-order valence-electron chi connectivity index (χ0n) is 17.0. The number of aromatic nitrogens is 2. The SMILES string of the molecule is O=[N+]([O-])c1cccc(Nc2c([N+](=O)[O-])c(Nc3cccc([N+](=O)[O-])c3)c3nonc3c2[N+](=O)[O-])c1. The van der Waals surface area contributed by atoms with Crippen molar-refractivity contribution in [3.63, 3.8) is 0 Å². The molecule has 0 unspecified atom stereocenters. The van der Waals surface area contributed by atoms with Crippen molar-refractivity contribution in [3.8, 4) is 0 Å². The zero-order chi connectivity index (χ0) is 25.3. The Morgan fingerprint density at radius 2 is 1.11 bits per heavy atom. The molecule has 0 aliphatic carbocycles. The molecule has 0 bridgehead atoms. The number of nitrogens with one attached hydrogen (secondary N) is 2. The lowest BCUT2D eigenvalue weighted by Crippen LogP contribution is -2.07. The molecule has 176 valence electrons. The molecular formula is C18H10N8O9. The Morgan fingerprint density at radius 3 is 1.60 bits per heavy atom. The molecule has 2 N–H and O–H groups in total. The summed E-state index contributed by atoms with van der Waals surface area (Å²) in [6, 6.07) is 9.72. The lowest BCUT2D eigenvalue weighted by atomic mass is 10.1. The van der Waals surface area contributed by atoms with E-state index in [9.17, 15) is 40.5 Å². The number of hydrogen-bond acceptors (Lipinski definition) is 13. The van der Waals surface area contributed by atoms with E-state index in [1.54, 1.807) is 0 Å². The number of benzene rings is 3. The largest absolute Gasteiger partial charge is 0.348 e. The van der Waals surface area contributed by atoms with Crippen molar-refractivity contribution in [1.82, 2.24) is 10.3 Å². The fourth-order valence-electron chi connectivity index (χ4n) is 3.26. The van der Waals surface area contributed by atoms with E-state index in [2.05, 4.69) is 25.6 Å². The number of non-ortho nitro benzene ring substituents is 2. The Hall–Kier alpha value is -5.74. The van der Waals surface area contributed by atoms with Crippen LogP contribution in [0.15, 0.2) is 53.2 Å². The molecule has 1 heterocycles. The van der Waals surface area contributed by atoms with Crippen LogP contribution in [0.4, 0.5) is 45.5 Å². The quantitative estimate of drug-likeness (QED) is 0.263. The van der Waals surface area contributed by atoms with Gasteiger partial charge in [-0.3, -0.25) is 40.5 Å². The topological polar surface area (TPSA) is 236 Å². The maximum absolute atomic E-state index is 12.1. The van der Waals surface area contributed by atoms with E-state index < -0.39 is 48.0 Å². The summed E-state index contributed by atoms with van der Waals surface area (Å²) in [6.07, 6.45) is 0. The van der Waals surface area contributed by atoms with Gasteiger partial charge in [-0.25, -0.2) is 4.63 Å². The molecule has 4 rings (SSSR count). The molecule has 17 nitrogen and oxygen atoms in total. The molecule has 17 heteroatoms. The number of anilines is 4. The first-order chi connectivity index (χ1) is 16.7. The van der Waals surface area contributed by atoms with Gasteiger partial charge in [-0.15, -0.1) is 0 Å². The van der Waals surface area contributed by atoms with Crippen LogP contribution in [-0.2, 0) is 0 Å². The zero-order valence-corrected chi connectivity index (χ0v) is 17.0. The highest BCUT2D eigenvalue weighted by molar-refractivity contribution is 6.08. The van der Waals surface area contributed by atoms with Crippen molar-refractivity contribution >= 4 is 56.5 Å². The van der Waals surface area contributed by atoms with Gasteiger partial charge in [0.05, 0.1) is 19.7 Å². The summed E-state index contributed by atoms with van der Waals surface area (Å²) in [4.78, 5) is 42.9. The first kappa shape index (κ1) is 22.5. The van der Waals surface area contributed by atoms with E-state index >= 15 is 0 Å². The van der Waals surface area contributed by atoms with Crippen molar-refractivity contribution in [2.24, 2.45) is 0 Å². The Kier molecular flexibility index (Phi) is 5.55. The highest BCUT2D eigenvalue weighted by Crippen LogP contribution is 2.48. The third kappa shape index (κ3) is 4.18. The molecule has 0 amide bonds. The van der Waals surface area contributed by atoms with Crippen molar-refractivity contribution in [2.45, 2.75) is 0 Å². The standard InChI is InChI=1S/C18H10N8O9/c27-23(28)11-5-1-3-9(7-11)19-14-13-15(22-35-21-13)18(26(33)34)16(17(14)25(31)32)20-10-4-2-6-12(8-10)24(29)30/h1-8,19-20H. The monoisotopic (exact) mass is 482 g/mol. The lowest BCUT2D eigenvalue weighted by Gasteiger charge is -2.12. The molecular weight excluding hydrogens is 472 g/mol. The Balaban J connectivity index is 1.98. The van der Waals surface area contributed by atoms with Crippen molar-refractivity contribution in [2.75, 3.05) is 10.6 Å². The van der Waals surface area contributed by atoms with E-state index in [4.69, 9.17) is 0 Å². The molecule has 1 aromatic heterocycles. The van der Waals surface area contributed by atoms with Gasteiger partial charge in [0.1, 0.15) is 0 Å². The van der Waals surface area contributed by atoms with E-state index in [1.807, 2.05) is 0 Å². The Labute approximate surface area is 191 Å². The van der Waals surface area contributed by atoms with Crippen LogP contribution < -0.4 is 10.6 Å². The van der Waals surface area contributed by atoms with Gasteiger partial charge in [0, 0.05) is 35.6 Å². The minimum absolute atomic E-state index is 0.0294. The normalized spacial score (nSPS) is 10.6. The van der Waals surface area contributed by atoms with Crippen LogP contribution in [0, 0.1) is 40.5 Å². The average Bonchev–Trinajstić information content (AvgIpc) is 3.28. The predicted octanol–water partition coefficient (Wildman–Crippen LogP) is 4.34. The van der Waals surface area contributed by atoms with Gasteiger partial charge in [-0.2, -0.15) is 0 Å². The maximum atomic E-state index is 12.1. The molecule has 0 spiro atoms. The minimum atomic E-state index is -0.948. The fourth-order valence-corrected chi connectivity index (χ4v) is 3.26. The second-order valence-electron chi connectivity index (χ2n) is 6.79. The van der Waals surface area contributed by atoms with Crippen LogP contribution in [0.25, 0.3) is 11.0 Å². The van der Waals surface area contributed by atoms with E-state index in [0.29, 0.717) is 0 Å². The van der Waals surface area contributed by atoms with E-state index in [-0.39, 0.29) is 28.3 Å². The molecule has 3 aromatic carbocycles. The highest BCUT2D eigenvalue weighted by atomic mass is 16.6. The third-order valence-electron chi connectivity index (χ3n) is 4.68. The second-order valence-corrected chi connectivity index (χ2v) is 6.79. The van der Waals surface area contributed by atoms with Crippen LogP contribution in [0.2, 0.25) is 0 Å². The van der Waals surface area contributed by atoms with Gasteiger partial charge in [0.25, 0.3) is 11.4 Å². The van der Waals surface area contributed by atoms with Crippen LogP contribution >= 0.6 is 0 Å². The lowest BCUT2D eigenvalue weighted by molar-refractivity contribution is -0.390. The number of hydrogen-bond donors (Lipinski definition) is 2. The summed E-state index contributed by atoms with van der Waals surface area (Å²) < 4.78 is 4.59. The highest BCUT2D eigenvalue weighted by Gasteiger charge is 2.37. The molecule has 0 aliphatic heterocycles. The molecule has 0 saturated carbocycles. The number of nitro benzene ring substituents is 4. The van der Waals surface area contributed by atoms with Crippen molar-refractivity contribution in [3.05, 3.63) is 89.0 Å². The molecule has 35 heavy (non-hydrogen) atoms. The Bertz CT molecular complexity index is 1530. The smallest absolute Gasteiger partial charge is 0.331 e. The van der Waals surface area contributed by atoms with Crippen molar-refractivity contribution in [1.29, 1.82) is 0 Å². The Morgan fingerprint density at radius 1 is 0.629 bits per heavy atom. The van der Waals surface area contributed by atoms with Gasteiger partial charge < -0.3 is 10.6 Å². The van der Waals surface area contributed by atoms with Gasteiger partial charge in [-0.05, 0) is 22.4 Å². The second kappa shape index (κ2) is 8.65. The van der Waals surface area contributed by atoms with Gasteiger partial charge in [0.15, 0.2) is 11.2 Å². The molecule has 0 saturated heterocycles. The van der Waals surface area contributed by atoms with Crippen LogP contribution in [0.1, 0.15) is 0 Å². The van der Waals surface area contributed by atoms with Crippen LogP contribution in [0.5, 0.6) is 0 Å². The molecule has 0 fully saturated rings. The van der Waals surface area contributed by atoms with E-state index in [0.717, 1.165) is 18.2 Å². The summed E-state index contributed by atoms with van der Waals surface area (Å²) in [7, 11) is 0. The summed E-state index contributed by atoms with van der Waals surface area (Å²) in [6.45, 7) is 0. The first-order valence-corrected chi connectivity index (χ1v) is 9.31.